The SMILES string of the molecule is C[C@@H](c1ccc(Br)cc1)N1C[C@@]23C=C[C@@H](O2)[C@H](C(=O)[O-])[C@H]3C1=O. The number of likely N-dealkylation sites (tertiary alicyclic amines) is 1. The first-order chi connectivity index (χ1) is 10.9. The lowest BCUT2D eigenvalue weighted by molar-refractivity contribution is -0.313. The van der Waals surface area contributed by atoms with E-state index in [2.05, 4.69) is 15.9 Å². The lowest BCUT2D eigenvalue weighted by atomic mass is 9.77. The third-order valence-corrected chi connectivity index (χ3v) is 5.75. The average molecular weight is 377 g/mol. The number of aliphatic carboxylic acids is 1. The molecule has 2 bridgehead atoms. The molecule has 1 aromatic carbocycles. The van der Waals surface area contributed by atoms with Crippen molar-refractivity contribution in [2.75, 3.05) is 6.54 Å². The molecule has 0 radical (unpaired) electrons. The maximum absolute atomic E-state index is 12.9. The van der Waals surface area contributed by atoms with Gasteiger partial charge in [0.25, 0.3) is 0 Å². The predicted octanol–water partition coefficient (Wildman–Crippen LogP) is 1.04. The highest BCUT2D eigenvalue weighted by Gasteiger charge is 2.65. The molecular formula is C17H15BrNO4-. The van der Waals surface area contributed by atoms with Crippen molar-refractivity contribution in [3.8, 4) is 0 Å². The molecule has 5 atom stereocenters. The molecule has 0 saturated carbocycles. The minimum atomic E-state index is -1.21. The van der Waals surface area contributed by atoms with Gasteiger partial charge in [-0.1, -0.05) is 40.2 Å². The third kappa shape index (κ3) is 2.01. The summed E-state index contributed by atoms with van der Waals surface area (Å²) in [6.45, 7) is 2.33. The van der Waals surface area contributed by atoms with Gasteiger partial charge in [-0.3, -0.25) is 4.79 Å². The second-order valence-corrected chi connectivity index (χ2v) is 7.33. The Hall–Kier alpha value is -1.66. The number of carboxylic acid groups (broad SMARTS) is 1. The molecule has 6 heteroatoms. The molecule has 120 valence electrons. The fourth-order valence-electron chi connectivity index (χ4n) is 4.05. The summed E-state index contributed by atoms with van der Waals surface area (Å²) in [6, 6.07) is 7.62. The van der Waals surface area contributed by atoms with Gasteiger partial charge in [-0.05, 0) is 24.6 Å². The number of carbonyl (C=O) groups excluding carboxylic acids is 2. The minimum Gasteiger partial charge on any atom is -0.550 e. The van der Waals surface area contributed by atoms with Crippen molar-refractivity contribution in [3.63, 3.8) is 0 Å². The van der Waals surface area contributed by atoms with Crippen molar-refractivity contribution >= 4 is 27.8 Å². The van der Waals surface area contributed by atoms with E-state index < -0.39 is 29.5 Å². The minimum absolute atomic E-state index is 0.144. The monoisotopic (exact) mass is 376 g/mol. The molecule has 0 unspecified atom stereocenters. The summed E-state index contributed by atoms with van der Waals surface area (Å²) in [5, 5.41) is 11.5. The molecule has 3 aliphatic heterocycles. The number of fused-ring (bicyclic) bond motifs is 1. The number of hydrogen-bond donors (Lipinski definition) is 0. The van der Waals surface area contributed by atoms with Crippen LogP contribution in [0.4, 0.5) is 0 Å². The number of benzene rings is 1. The number of ether oxygens (including phenoxy) is 1. The van der Waals surface area contributed by atoms with Crippen LogP contribution in [-0.4, -0.2) is 35.0 Å². The molecule has 0 aliphatic carbocycles. The molecule has 3 heterocycles. The standard InChI is InChI=1S/C17H16BrNO4/c1-9(10-2-4-11(18)5-3-10)19-8-17-7-6-12(23-17)13(16(21)22)14(17)15(19)20/h2-7,9,12-14H,8H2,1H3,(H,21,22)/p-1/t9-,12+,13-,14-,17+/m0/s1. The van der Waals surface area contributed by atoms with Crippen LogP contribution >= 0.6 is 15.9 Å². The van der Waals surface area contributed by atoms with Crippen LogP contribution < -0.4 is 5.11 Å². The number of nitrogens with zero attached hydrogens (tertiary/aromatic N) is 1. The Morgan fingerprint density at radius 1 is 1.43 bits per heavy atom. The third-order valence-electron chi connectivity index (χ3n) is 5.22. The summed E-state index contributed by atoms with van der Waals surface area (Å²) in [6.07, 6.45) is 3.06. The van der Waals surface area contributed by atoms with Gasteiger partial charge in [0.1, 0.15) is 5.60 Å². The summed E-state index contributed by atoms with van der Waals surface area (Å²) in [4.78, 5) is 26.1. The number of hydrogen-bond acceptors (Lipinski definition) is 4. The van der Waals surface area contributed by atoms with Crippen LogP contribution in [0.1, 0.15) is 18.5 Å². The zero-order chi connectivity index (χ0) is 16.4. The highest BCUT2D eigenvalue weighted by molar-refractivity contribution is 9.10. The van der Waals surface area contributed by atoms with Crippen LogP contribution in [0, 0.1) is 11.8 Å². The second-order valence-electron chi connectivity index (χ2n) is 6.41. The maximum atomic E-state index is 12.9. The van der Waals surface area contributed by atoms with Crippen LogP contribution in [0.3, 0.4) is 0 Å². The summed E-state index contributed by atoms with van der Waals surface area (Å²) in [5.41, 5.74) is 0.192. The van der Waals surface area contributed by atoms with Gasteiger partial charge in [0.2, 0.25) is 5.91 Å². The van der Waals surface area contributed by atoms with Gasteiger partial charge in [-0.15, -0.1) is 0 Å². The van der Waals surface area contributed by atoms with E-state index in [1.165, 1.54) is 0 Å². The van der Waals surface area contributed by atoms with Gasteiger partial charge in [0.05, 0.1) is 24.6 Å². The first kappa shape index (κ1) is 14.9. The lowest BCUT2D eigenvalue weighted by Gasteiger charge is -2.28. The Morgan fingerprint density at radius 2 is 2.13 bits per heavy atom. The largest absolute Gasteiger partial charge is 0.550 e. The van der Waals surface area contributed by atoms with E-state index >= 15 is 0 Å². The highest BCUT2D eigenvalue weighted by atomic mass is 79.9. The van der Waals surface area contributed by atoms with E-state index in [0.29, 0.717) is 6.54 Å². The fourth-order valence-corrected chi connectivity index (χ4v) is 4.31. The van der Waals surface area contributed by atoms with E-state index in [1.54, 1.807) is 11.0 Å². The summed E-state index contributed by atoms with van der Waals surface area (Å²) in [7, 11) is 0. The highest BCUT2D eigenvalue weighted by Crippen LogP contribution is 2.53. The zero-order valence-corrected chi connectivity index (χ0v) is 14.0. The second kappa shape index (κ2) is 4.92. The Morgan fingerprint density at radius 3 is 2.78 bits per heavy atom. The number of rotatable bonds is 3. The van der Waals surface area contributed by atoms with E-state index in [4.69, 9.17) is 4.74 Å². The smallest absolute Gasteiger partial charge is 0.230 e. The Labute approximate surface area is 142 Å². The first-order valence-corrected chi connectivity index (χ1v) is 8.36. The van der Waals surface area contributed by atoms with Crippen LogP contribution in [0.2, 0.25) is 0 Å². The van der Waals surface area contributed by atoms with Gasteiger partial charge in [0, 0.05) is 16.4 Å². The molecule has 1 amide bonds. The van der Waals surface area contributed by atoms with E-state index in [0.717, 1.165) is 10.0 Å². The lowest BCUT2D eigenvalue weighted by Crippen LogP contribution is -2.45. The predicted molar refractivity (Wildman–Crippen MR) is 83.0 cm³/mol. The fraction of sp³-hybridized carbons (Fsp3) is 0.412. The van der Waals surface area contributed by atoms with Crippen molar-refractivity contribution in [1.82, 2.24) is 4.90 Å². The summed E-state index contributed by atoms with van der Waals surface area (Å²) < 4.78 is 6.83. The van der Waals surface area contributed by atoms with Crippen LogP contribution in [-0.2, 0) is 14.3 Å². The molecule has 0 aromatic heterocycles. The number of carboxylic acids is 1. The Kier molecular flexibility index (Phi) is 3.19. The van der Waals surface area contributed by atoms with Gasteiger partial charge in [-0.25, -0.2) is 0 Å². The number of halogens is 1. The van der Waals surface area contributed by atoms with E-state index in [1.807, 2.05) is 37.3 Å². The van der Waals surface area contributed by atoms with E-state index in [-0.39, 0.29) is 11.9 Å². The summed E-state index contributed by atoms with van der Waals surface area (Å²) >= 11 is 3.40. The molecule has 2 fully saturated rings. The Balaban J connectivity index is 1.66. The average Bonchev–Trinajstić information content (AvgIpc) is 3.15. The van der Waals surface area contributed by atoms with Crippen LogP contribution in [0.25, 0.3) is 0 Å². The van der Waals surface area contributed by atoms with E-state index in [9.17, 15) is 14.7 Å². The molecule has 1 spiro atoms. The van der Waals surface area contributed by atoms with Gasteiger partial charge in [-0.2, -0.15) is 0 Å². The van der Waals surface area contributed by atoms with Gasteiger partial charge in [0.15, 0.2) is 0 Å². The molecule has 23 heavy (non-hydrogen) atoms. The maximum Gasteiger partial charge on any atom is 0.230 e. The Bertz CT molecular complexity index is 716. The normalized spacial score (nSPS) is 35.7. The molecule has 2 saturated heterocycles. The van der Waals surface area contributed by atoms with Crippen molar-refractivity contribution in [1.29, 1.82) is 0 Å². The molecule has 5 nitrogen and oxygen atoms in total. The molecule has 0 N–H and O–H groups in total. The quantitative estimate of drug-likeness (QED) is 0.739. The van der Waals surface area contributed by atoms with Crippen LogP contribution in [0.5, 0.6) is 0 Å². The zero-order valence-electron chi connectivity index (χ0n) is 12.4. The van der Waals surface area contributed by atoms with Gasteiger partial charge < -0.3 is 19.5 Å². The number of amides is 1. The van der Waals surface area contributed by atoms with Crippen LogP contribution in [0.15, 0.2) is 40.9 Å². The molecule has 3 aliphatic rings. The summed E-state index contributed by atoms with van der Waals surface area (Å²) in [5.74, 6) is -2.95. The molecule has 1 aromatic rings. The number of carbonyl (C=O) groups is 2. The topological polar surface area (TPSA) is 69.7 Å². The molecular weight excluding hydrogens is 362 g/mol. The molecule has 4 rings (SSSR count). The van der Waals surface area contributed by atoms with Crippen molar-refractivity contribution < 1.29 is 19.4 Å². The first-order valence-electron chi connectivity index (χ1n) is 7.57. The van der Waals surface area contributed by atoms with Crippen molar-refractivity contribution in [2.24, 2.45) is 11.8 Å². The van der Waals surface area contributed by atoms with Crippen molar-refractivity contribution in [3.05, 3.63) is 46.5 Å². The van der Waals surface area contributed by atoms with Gasteiger partial charge >= 0.3 is 0 Å². The van der Waals surface area contributed by atoms with Crippen molar-refractivity contribution in [2.45, 2.75) is 24.7 Å².